The monoisotopic (exact) mass is 204 g/mol. The zero-order valence-electron chi connectivity index (χ0n) is 10.2. The average Bonchev–Trinajstić information content (AvgIpc) is 2.19. The molecule has 1 aromatic carbocycles. The zero-order chi connectivity index (χ0) is 10.9. The summed E-state index contributed by atoms with van der Waals surface area (Å²) in [6, 6.07) is 6.95. The number of aryl methyl sites for hydroxylation is 1. The van der Waals surface area contributed by atoms with E-state index in [0.29, 0.717) is 0 Å². The number of fused-ring (bicyclic) bond motifs is 1. The first-order valence-corrected chi connectivity index (χ1v) is 6.05. The third kappa shape index (κ3) is 2.23. The lowest BCUT2D eigenvalue weighted by Crippen LogP contribution is -2.47. The Hall–Kier alpha value is -0.820. The zero-order valence-corrected chi connectivity index (χ0v) is 10.2. The summed E-state index contributed by atoms with van der Waals surface area (Å²) in [5, 5.41) is 0. The largest absolute Gasteiger partial charge is 0.322 e. The first-order valence-electron chi connectivity index (χ1n) is 6.05. The van der Waals surface area contributed by atoms with E-state index in [1.165, 1.54) is 42.5 Å². The van der Waals surface area contributed by atoms with Gasteiger partial charge in [-0.15, -0.1) is 0 Å². The third-order valence-electron chi connectivity index (χ3n) is 3.60. The maximum Gasteiger partial charge on any atom is 0.104 e. The van der Waals surface area contributed by atoms with Crippen molar-refractivity contribution in [3.63, 3.8) is 0 Å². The Kier molecular flexibility index (Phi) is 2.83. The smallest absolute Gasteiger partial charge is 0.104 e. The Morgan fingerprint density at radius 1 is 1.27 bits per heavy atom. The molecule has 1 aromatic rings. The molecule has 0 fully saturated rings. The Labute approximate surface area is 93.3 Å². The van der Waals surface area contributed by atoms with Crippen LogP contribution in [0.5, 0.6) is 0 Å². The highest BCUT2D eigenvalue weighted by Gasteiger charge is 2.27. The van der Waals surface area contributed by atoms with Crippen LogP contribution in [0.2, 0.25) is 0 Å². The van der Waals surface area contributed by atoms with Gasteiger partial charge in [0.25, 0.3) is 0 Å². The molecule has 0 saturated carbocycles. The second-order valence-corrected chi connectivity index (χ2v) is 5.25. The van der Waals surface area contributed by atoms with Crippen LogP contribution in [0.3, 0.4) is 0 Å². The van der Waals surface area contributed by atoms with E-state index in [1.54, 1.807) is 11.1 Å². The van der Waals surface area contributed by atoms with Crippen LogP contribution in [0, 0.1) is 6.92 Å². The summed E-state index contributed by atoms with van der Waals surface area (Å²) in [6.45, 7) is 8.32. The molecule has 1 aliphatic heterocycles. The van der Waals surface area contributed by atoms with Gasteiger partial charge in [0.15, 0.2) is 0 Å². The Morgan fingerprint density at radius 3 is 2.80 bits per heavy atom. The van der Waals surface area contributed by atoms with E-state index in [1.807, 2.05) is 0 Å². The lowest BCUT2D eigenvalue weighted by Gasteiger charge is -2.38. The Morgan fingerprint density at radius 2 is 2.07 bits per heavy atom. The van der Waals surface area contributed by atoms with Gasteiger partial charge in [-0.2, -0.15) is 0 Å². The van der Waals surface area contributed by atoms with Crippen LogP contribution in [0.15, 0.2) is 18.2 Å². The molecule has 2 rings (SSSR count). The minimum Gasteiger partial charge on any atom is -0.322 e. The molecule has 0 amide bonds. The van der Waals surface area contributed by atoms with Crippen molar-refractivity contribution >= 4 is 0 Å². The molecule has 15 heavy (non-hydrogen) atoms. The van der Waals surface area contributed by atoms with Gasteiger partial charge < -0.3 is 4.48 Å². The molecular formula is C14H22N+. The van der Waals surface area contributed by atoms with Crippen molar-refractivity contribution in [3.05, 3.63) is 34.9 Å². The summed E-state index contributed by atoms with van der Waals surface area (Å²) in [6.07, 6.45) is 2.55. The Bertz CT molecular complexity index is 356. The topological polar surface area (TPSA) is 0 Å². The third-order valence-corrected chi connectivity index (χ3v) is 3.60. The number of rotatable bonds is 2. The minimum absolute atomic E-state index is 1.23. The SMILES string of the molecule is CCC[N+]1(C)CCc2cc(C)ccc2C1. The molecule has 1 aliphatic rings. The summed E-state index contributed by atoms with van der Waals surface area (Å²) < 4.78 is 1.23. The van der Waals surface area contributed by atoms with Crippen LogP contribution in [-0.2, 0) is 13.0 Å². The van der Waals surface area contributed by atoms with E-state index >= 15 is 0 Å². The minimum atomic E-state index is 1.23. The number of hydrogen-bond acceptors (Lipinski definition) is 0. The molecule has 0 aliphatic carbocycles. The van der Waals surface area contributed by atoms with Crippen LogP contribution in [0.25, 0.3) is 0 Å². The fourth-order valence-electron chi connectivity index (χ4n) is 2.75. The summed E-state index contributed by atoms with van der Waals surface area (Å²) in [4.78, 5) is 0. The van der Waals surface area contributed by atoms with Crippen molar-refractivity contribution in [2.24, 2.45) is 0 Å². The summed E-state index contributed by atoms with van der Waals surface area (Å²) >= 11 is 0. The molecule has 82 valence electrons. The quantitative estimate of drug-likeness (QED) is 0.650. The molecule has 0 bridgehead atoms. The lowest BCUT2D eigenvalue weighted by atomic mass is 9.96. The molecule has 1 unspecified atom stereocenters. The molecule has 1 atom stereocenters. The van der Waals surface area contributed by atoms with Gasteiger partial charge in [-0.1, -0.05) is 30.7 Å². The predicted octanol–water partition coefficient (Wildman–Crippen LogP) is 2.91. The van der Waals surface area contributed by atoms with E-state index in [9.17, 15) is 0 Å². The van der Waals surface area contributed by atoms with E-state index in [2.05, 4.69) is 39.1 Å². The van der Waals surface area contributed by atoms with Crippen LogP contribution >= 0.6 is 0 Å². The Balaban J connectivity index is 2.23. The first kappa shape index (κ1) is 10.7. The standard InChI is InChI=1S/C14H22N/c1-4-8-15(3)9-7-13-10-12(2)5-6-14(13)11-15/h5-6,10H,4,7-9,11H2,1-3H3/q+1. The average molecular weight is 204 g/mol. The van der Waals surface area contributed by atoms with Crippen molar-refractivity contribution in [2.45, 2.75) is 33.2 Å². The molecule has 0 radical (unpaired) electrons. The molecule has 1 heteroatoms. The molecule has 0 spiro atoms. The molecule has 0 aromatic heterocycles. The number of likely N-dealkylation sites (N-methyl/N-ethyl adjacent to an activating group) is 1. The van der Waals surface area contributed by atoms with Crippen LogP contribution in [0.1, 0.15) is 30.0 Å². The normalized spacial score (nSPS) is 25.0. The van der Waals surface area contributed by atoms with E-state index in [4.69, 9.17) is 0 Å². The fourth-order valence-corrected chi connectivity index (χ4v) is 2.75. The van der Waals surface area contributed by atoms with Crippen molar-refractivity contribution < 1.29 is 4.48 Å². The van der Waals surface area contributed by atoms with Gasteiger partial charge in [-0.25, -0.2) is 0 Å². The van der Waals surface area contributed by atoms with Gasteiger partial charge >= 0.3 is 0 Å². The molecule has 1 heterocycles. The maximum absolute atomic E-state index is 2.40. The fraction of sp³-hybridized carbons (Fsp3) is 0.571. The van der Waals surface area contributed by atoms with E-state index < -0.39 is 0 Å². The number of nitrogens with zero attached hydrogens (tertiary/aromatic N) is 1. The predicted molar refractivity (Wildman–Crippen MR) is 64.8 cm³/mol. The van der Waals surface area contributed by atoms with Gasteiger partial charge in [-0.05, 0) is 18.9 Å². The highest BCUT2D eigenvalue weighted by molar-refractivity contribution is 5.32. The van der Waals surface area contributed by atoms with E-state index in [-0.39, 0.29) is 0 Å². The highest BCUT2D eigenvalue weighted by atomic mass is 15.3. The second kappa shape index (κ2) is 3.97. The van der Waals surface area contributed by atoms with Crippen LogP contribution in [-0.4, -0.2) is 24.6 Å². The van der Waals surface area contributed by atoms with Crippen molar-refractivity contribution in [1.82, 2.24) is 0 Å². The van der Waals surface area contributed by atoms with Gasteiger partial charge in [0, 0.05) is 12.0 Å². The lowest BCUT2D eigenvalue weighted by molar-refractivity contribution is -0.924. The first-order chi connectivity index (χ1) is 7.13. The number of hydrogen-bond donors (Lipinski definition) is 0. The van der Waals surface area contributed by atoms with Gasteiger partial charge in [-0.3, -0.25) is 0 Å². The molecule has 0 N–H and O–H groups in total. The number of quaternary nitrogens is 1. The number of benzene rings is 1. The van der Waals surface area contributed by atoms with Gasteiger partial charge in [0.1, 0.15) is 6.54 Å². The van der Waals surface area contributed by atoms with Crippen LogP contribution < -0.4 is 0 Å². The molecule has 1 nitrogen and oxygen atoms in total. The second-order valence-electron chi connectivity index (χ2n) is 5.25. The van der Waals surface area contributed by atoms with E-state index in [0.717, 1.165) is 0 Å². The van der Waals surface area contributed by atoms with Crippen LogP contribution in [0.4, 0.5) is 0 Å². The summed E-state index contributed by atoms with van der Waals surface area (Å²) in [7, 11) is 2.40. The molecule has 0 saturated heterocycles. The van der Waals surface area contributed by atoms with Crippen molar-refractivity contribution in [3.8, 4) is 0 Å². The van der Waals surface area contributed by atoms with Gasteiger partial charge in [0.2, 0.25) is 0 Å². The van der Waals surface area contributed by atoms with Gasteiger partial charge in [0.05, 0.1) is 20.1 Å². The van der Waals surface area contributed by atoms with Crippen molar-refractivity contribution in [2.75, 3.05) is 20.1 Å². The molecular weight excluding hydrogens is 182 g/mol. The van der Waals surface area contributed by atoms with Crippen molar-refractivity contribution in [1.29, 1.82) is 0 Å². The highest BCUT2D eigenvalue weighted by Crippen LogP contribution is 2.24. The summed E-state index contributed by atoms with van der Waals surface area (Å²) in [5.41, 5.74) is 4.56. The summed E-state index contributed by atoms with van der Waals surface area (Å²) in [5.74, 6) is 0. The maximum atomic E-state index is 2.40.